The van der Waals surface area contributed by atoms with Crippen molar-refractivity contribution in [2.45, 2.75) is 57.5 Å². The topological polar surface area (TPSA) is 83.6 Å². The predicted octanol–water partition coefficient (Wildman–Crippen LogP) is 0.970. The van der Waals surface area contributed by atoms with Crippen LogP contribution in [0.1, 0.15) is 46.5 Å². The minimum absolute atomic E-state index is 0.0426. The van der Waals surface area contributed by atoms with E-state index in [0.29, 0.717) is 12.8 Å². The van der Waals surface area contributed by atoms with E-state index >= 15 is 0 Å². The van der Waals surface area contributed by atoms with Gasteiger partial charge in [-0.25, -0.2) is 0 Å². The van der Waals surface area contributed by atoms with Crippen LogP contribution in [-0.2, 0) is 9.59 Å². The van der Waals surface area contributed by atoms with E-state index in [1.807, 2.05) is 20.8 Å². The third-order valence-corrected chi connectivity index (χ3v) is 3.28. The van der Waals surface area contributed by atoms with Crippen LogP contribution in [0.4, 0.5) is 0 Å². The van der Waals surface area contributed by atoms with Gasteiger partial charge in [0.2, 0.25) is 5.91 Å². The third kappa shape index (κ3) is 3.19. The van der Waals surface area contributed by atoms with Gasteiger partial charge >= 0.3 is 5.97 Å². The van der Waals surface area contributed by atoms with Gasteiger partial charge in [0.15, 0.2) is 0 Å². The van der Waals surface area contributed by atoms with Gasteiger partial charge in [0.1, 0.15) is 0 Å². The lowest BCUT2D eigenvalue weighted by Gasteiger charge is -2.45. The molecule has 3 N–H and O–H groups in total. The molecular formula is C12H22N2O3. The maximum atomic E-state index is 12.3. The number of carboxylic acids is 1. The average molecular weight is 242 g/mol. The Morgan fingerprint density at radius 1 is 1.35 bits per heavy atom. The van der Waals surface area contributed by atoms with Crippen molar-refractivity contribution in [2.24, 2.45) is 5.73 Å². The van der Waals surface area contributed by atoms with Crippen molar-refractivity contribution in [1.82, 2.24) is 4.90 Å². The first-order chi connectivity index (χ1) is 7.67. The molecule has 1 aliphatic carbocycles. The molecule has 0 spiro atoms. The summed E-state index contributed by atoms with van der Waals surface area (Å²) in [6.45, 7) is 5.91. The molecule has 1 aliphatic rings. The Bertz CT molecular complexity index is 316. The minimum atomic E-state index is -0.897. The molecule has 0 radical (unpaired) electrons. The summed E-state index contributed by atoms with van der Waals surface area (Å²) in [5, 5.41) is 8.71. The van der Waals surface area contributed by atoms with Crippen molar-refractivity contribution in [1.29, 1.82) is 0 Å². The number of nitrogens with zero attached hydrogens (tertiary/aromatic N) is 1. The minimum Gasteiger partial charge on any atom is -0.481 e. The van der Waals surface area contributed by atoms with Gasteiger partial charge in [-0.15, -0.1) is 0 Å². The second-order valence-electron chi connectivity index (χ2n) is 5.78. The van der Waals surface area contributed by atoms with Crippen LogP contribution in [0.3, 0.4) is 0 Å². The Hall–Kier alpha value is -1.10. The fourth-order valence-electron chi connectivity index (χ4n) is 1.99. The summed E-state index contributed by atoms with van der Waals surface area (Å²) < 4.78 is 0. The molecule has 1 rings (SSSR count). The van der Waals surface area contributed by atoms with Crippen molar-refractivity contribution in [2.75, 3.05) is 6.54 Å². The lowest BCUT2D eigenvalue weighted by atomic mass is 9.76. The van der Waals surface area contributed by atoms with Crippen LogP contribution in [-0.4, -0.2) is 39.5 Å². The van der Waals surface area contributed by atoms with E-state index in [-0.39, 0.29) is 18.9 Å². The number of aliphatic carboxylic acids is 1. The van der Waals surface area contributed by atoms with Gasteiger partial charge in [-0.3, -0.25) is 9.59 Å². The molecule has 17 heavy (non-hydrogen) atoms. The van der Waals surface area contributed by atoms with Gasteiger partial charge in [0, 0.05) is 12.1 Å². The first-order valence-corrected chi connectivity index (χ1v) is 5.99. The summed E-state index contributed by atoms with van der Waals surface area (Å²) in [5.41, 5.74) is 4.86. The van der Waals surface area contributed by atoms with Crippen LogP contribution in [0.25, 0.3) is 0 Å². The normalized spacial score (nSPS) is 18.4. The third-order valence-electron chi connectivity index (χ3n) is 3.28. The maximum absolute atomic E-state index is 12.3. The first kappa shape index (κ1) is 14.0. The van der Waals surface area contributed by atoms with Crippen LogP contribution in [0, 0.1) is 0 Å². The van der Waals surface area contributed by atoms with E-state index < -0.39 is 17.0 Å². The molecular weight excluding hydrogens is 220 g/mol. The van der Waals surface area contributed by atoms with E-state index in [0.717, 1.165) is 6.42 Å². The molecule has 5 nitrogen and oxygen atoms in total. The van der Waals surface area contributed by atoms with E-state index in [9.17, 15) is 9.59 Å². The smallest absolute Gasteiger partial charge is 0.305 e. The lowest BCUT2D eigenvalue weighted by Crippen LogP contribution is -2.63. The SMILES string of the molecule is CC(C)(C)N(CCC(=O)O)C(=O)C1(N)CCC1. The Labute approximate surface area is 102 Å². The van der Waals surface area contributed by atoms with Gasteiger partial charge in [-0.05, 0) is 40.0 Å². The second-order valence-corrected chi connectivity index (χ2v) is 5.78. The summed E-state index contributed by atoms with van der Waals surface area (Å²) in [6.07, 6.45) is 2.33. The highest BCUT2D eigenvalue weighted by atomic mass is 16.4. The molecule has 0 unspecified atom stereocenters. The quantitative estimate of drug-likeness (QED) is 0.769. The molecule has 1 amide bonds. The van der Waals surface area contributed by atoms with Crippen molar-refractivity contribution in [3.63, 3.8) is 0 Å². The zero-order valence-corrected chi connectivity index (χ0v) is 10.8. The van der Waals surface area contributed by atoms with E-state index in [2.05, 4.69) is 0 Å². The fourth-order valence-corrected chi connectivity index (χ4v) is 1.99. The fraction of sp³-hybridized carbons (Fsp3) is 0.833. The Kier molecular flexibility index (Phi) is 3.81. The van der Waals surface area contributed by atoms with Crippen molar-refractivity contribution in [3.05, 3.63) is 0 Å². The predicted molar refractivity (Wildman–Crippen MR) is 64.5 cm³/mol. The number of nitrogens with two attached hydrogens (primary N) is 1. The van der Waals surface area contributed by atoms with Crippen LogP contribution in [0.15, 0.2) is 0 Å². The van der Waals surface area contributed by atoms with Crippen molar-refractivity contribution < 1.29 is 14.7 Å². The van der Waals surface area contributed by atoms with Gasteiger partial charge < -0.3 is 15.7 Å². The molecule has 1 fully saturated rings. The molecule has 0 aromatic carbocycles. The highest BCUT2D eigenvalue weighted by Crippen LogP contribution is 2.33. The molecule has 0 aromatic rings. The Morgan fingerprint density at radius 2 is 1.88 bits per heavy atom. The lowest BCUT2D eigenvalue weighted by molar-refractivity contribution is -0.146. The van der Waals surface area contributed by atoms with Crippen LogP contribution >= 0.6 is 0 Å². The van der Waals surface area contributed by atoms with Crippen LogP contribution in [0.5, 0.6) is 0 Å². The number of carbonyl (C=O) groups excluding carboxylic acids is 1. The standard InChI is InChI=1S/C12H22N2O3/c1-11(2,3)14(8-5-9(15)16)10(17)12(13)6-4-7-12/h4-8,13H2,1-3H3,(H,15,16). The number of hydrogen-bond donors (Lipinski definition) is 2. The molecule has 0 aliphatic heterocycles. The monoisotopic (exact) mass is 242 g/mol. The van der Waals surface area contributed by atoms with Gasteiger partial charge in [0.05, 0.1) is 12.0 Å². The molecule has 0 atom stereocenters. The average Bonchev–Trinajstić information content (AvgIpc) is 2.11. The molecule has 98 valence electrons. The van der Waals surface area contributed by atoms with Crippen LogP contribution < -0.4 is 5.73 Å². The molecule has 0 saturated heterocycles. The van der Waals surface area contributed by atoms with Gasteiger partial charge in [0.25, 0.3) is 0 Å². The largest absolute Gasteiger partial charge is 0.481 e. The Balaban J connectivity index is 2.76. The van der Waals surface area contributed by atoms with Gasteiger partial charge in [-0.1, -0.05) is 0 Å². The van der Waals surface area contributed by atoms with Crippen LogP contribution in [0.2, 0.25) is 0 Å². The summed E-state index contributed by atoms with van der Waals surface area (Å²) >= 11 is 0. The number of rotatable bonds is 4. The van der Waals surface area contributed by atoms with E-state index in [1.165, 1.54) is 0 Å². The summed E-state index contributed by atoms with van der Waals surface area (Å²) in [6, 6.07) is 0. The van der Waals surface area contributed by atoms with E-state index in [1.54, 1.807) is 4.90 Å². The highest BCUT2D eigenvalue weighted by molar-refractivity contribution is 5.88. The first-order valence-electron chi connectivity index (χ1n) is 5.99. The maximum Gasteiger partial charge on any atom is 0.305 e. The zero-order chi connectivity index (χ0) is 13.3. The summed E-state index contributed by atoms with van der Waals surface area (Å²) in [7, 11) is 0. The molecule has 0 bridgehead atoms. The van der Waals surface area contributed by atoms with Crippen molar-refractivity contribution in [3.8, 4) is 0 Å². The zero-order valence-electron chi connectivity index (χ0n) is 10.8. The molecule has 0 aromatic heterocycles. The molecule has 5 heteroatoms. The summed E-state index contributed by atoms with van der Waals surface area (Å²) in [5.74, 6) is -1.01. The van der Waals surface area contributed by atoms with Gasteiger partial charge in [-0.2, -0.15) is 0 Å². The van der Waals surface area contributed by atoms with Crippen molar-refractivity contribution >= 4 is 11.9 Å². The number of carboxylic acid groups (broad SMARTS) is 1. The number of amides is 1. The number of carbonyl (C=O) groups is 2. The second kappa shape index (κ2) is 4.64. The summed E-state index contributed by atoms with van der Waals surface area (Å²) in [4.78, 5) is 24.5. The highest BCUT2D eigenvalue weighted by Gasteiger charge is 2.45. The number of hydrogen-bond acceptors (Lipinski definition) is 3. The Morgan fingerprint density at radius 3 is 2.18 bits per heavy atom. The molecule has 0 heterocycles. The molecule has 1 saturated carbocycles. The van der Waals surface area contributed by atoms with E-state index in [4.69, 9.17) is 10.8 Å².